The van der Waals surface area contributed by atoms with E-state index in [1.807, 2.05) is 31.2 Å². The number of rotatable bonds is 3. The Balaban J connectivity index is 2.04. The molecule has 0 fully saturated rings. The van der Waals surface area contributed by atoms with E-state index in [1.165, 1.54) is 0 Å². The summed E-state index contributed by atoms with van der Waals surface area (Å²) in [7, 11) is 0. The molecule has 0 heterocycles. The first kappa shape index (κ1) is 13.9. The highest BCUT2D eigenvalue weighted by molar-refractivity contribution is 6.42. The Morgan fingerprint density at radius 3 is 2.53 bits per heavy atom. The van der Waals surface area contributed by atoms with Crippen LogP contribution in [-0.2, 0) is 6.54 Å². The molecule has 0 unspecified atom stereocenters. The molecule has 2 rings (SSSR count). The summed E-state index contributed by atoms with van der Waals surface area (Å²) in [4.78, 5) is 12.0. The number of nitrogens with one attached hydrogen (secondary N) is 1. The van der Waals surface area contributed by atoms with Gasteiger partial charge in [0.05, 0.1) is 10.0 Å². The van der Waals surface area contributed by atoms with Gasteiger partial charge in [0, 0.05) is 12.1 Å². The van der Waals surface area contributed by atoms with Crippen molar-refractivity contribution in [3.05, 3.63) is 69.2 Å². The average molecular weight is 294 g/mol. The zero-order chi connectivity index (χ0) is 13.8. The number of halogens is 2. The Labute approximate surface area is 122 Å². The number of amides is 1. The predicted molar refractivity (Wildman–Crippen MR) is 78.8 cm³/mol. The third kappa shape index (κ3) is 3.49. The fourth-order valence-corrected chi connectivity index (χ4v) is 2.08. The molecule has 0 saturated carbocycles. The van der Waals surface area contributed by atoms with E-state index < -0.39 is 0 Å². The predicted octanol–water partition coefficient (Wildman–Crippen LogP) is 4.23. The summed E-state index contributed by atoms with van der Waals surface area (Å²) in [5, 5.41) is 3.86. The second-order valence-electron chi connectivity index (χ2n) is 4.25. The summed E-state index contributed by atoms with van der Waals surface area (Å²) in [5.41, 5.74) is 2.55. The molecular weight excluding hydrogens is 281 g/mol. The van der Waals surface area contributed by atoms with Gasteiger partial charge in [0.15, 0.2) is 0 Å². The van der Waals surface area contributed by atoms with Crippen LogP contribution in [0.15, 0.2) is 42.5 Å². The number of carbonyl (C=O) groups is 1. The minimum Gasteiger partial charge on any atom is -0.348 e. The Morgan fingerprint density at radius 2 is 1.84 bits per heavy atom. The van der Waals surface area contributed by atoms with E-state index in [0.717, 1.165) is 11.1 Å². The number of hydrogen-bond acceptors (Lipinski definition) is 1. The van der Waals surface area contributed by atoms with Gasteiger partial charge in [-0.15, -0.1) is 0 Å². The molecule has 19 heavy (non-hydrogen) atoms. The highest BCUT2D eigenvalue weighted by atomic mass is 35.5. The van der Waals surface area contributed by atoms with Crippen molar-refractivity contribution in [2.75, 3.05) is 0 Å². The van der Waals surface area contributed by atoms with Crippen molar-refractivity contribution in [1.82, 2.24) is 5.32 Å². The third-order valence-corrected chi connectivity index (χ3v) is 3.57. The van der Waals surface area contributed by atoms with Crippen molar-refractivity contribution in [1.29, 1.82) is 0 Å². The van der Waals surface area contributed by atoms with Gasteiger partial charge in [0.2, 0.25) is 0 Å². The van der Waals surface area contributed by atoms with Gasteiger partial charge in [0.25, 0.3) is 5.91 Å². The van der Waals surface area contributed by atoms with E-state index in [0.29, 0.717) is 22.2 Å². The molecule has 98 valence electrons. The minimum absolute atomic E-state index is 0.0934. The van der Waals surface area contributed by atoms with Crippen LogP contribution in [0.5, 0.6) is 0 Å². The first-order valence-electron chi connectivity index (χ1n) is 5.85. The molecule has 4 heteroatoms. The van der Waals surface area contributed by atoms with Crippen molar-refractivity contribution in [3.63, 3.8) is 0 Å². The standard InChI is InChI=1S/C15H13Cl2NO/c1-10-4-2-3-5-12(10)15(19)18-9-11-6-7-13(16)14(17)8-11/h2-8H,9H2,1H3,(H,18,19). The zero-order valence-corrected chi connectivity index (χ0v) is 11.9. The van der Waals surface area contributed by atoms with Crippen LogP contribution in [0.2, 0.25) is 10.0 Å². The molecule has 2 nitrogen and oxygen atoms in total. The molecule has 0 aliphatic carbocycles. The van der Waals surface area contributed by atoms with Crippen molar-refractivity contribution < 1.29 is 4.79 Å². The number of aryl methyl sites for hydroxylation is 1. The van der Waals surface area contributed by atoms with Gasteiger partial charge >= 0.3 is 0 Å². The first-order valence-corrected chi connectivity index (χ1v) is 6.61. The third-order valence-electron chi connectivity index (χ3n) is 2.83. The van der Waals surface area contributed by atoms with E-state index >= 15 is 0 Å². The smallest absolute Gasteiger partial charge is 0.251 e. The topological polar surface area (TPSA) is 29.1 Å². The minimum atomic E-state index is -0.0934. The normalized spacial score (nSPS) is 10.3. The van der Waals surface area contributed by atoms with Gasteiger partial charge in [-0.2, -0.15) is 0 Å². The van der Waals surface area contributed by atoms with Crippen LogP contribution in [0.3, 0.4) is 0 Å². The van der Waals surface area contributed by atoms with Gasteiger partial charge in [-0.3, -0.25) is 4.79 Å². The van der Waals surface area contributed by atoms with E-state index in [1.54, 1.807) is 18.2 Å². The van der Waals surface area contributed by atoms with Crippen molar-refractivity contribution in [3.8, 4) is 0 Å². The summed E-state index contributed by atoms with van der Waals surface area (Å²) in [6.07, 6.45) is 0. The highest BCUT2D eigenvalue weighted by Crippen LogP contribution is 2.22. The second-order valence-corrected chi connectivity index (χ2v) is 5.06. The second kappa shape index (κ2) is 6.09. The number of carbonyl (C=O) groups excluding carboxylic acids is 1. The van der Waals surface area contributed by atoms with Crippen LogP contribution in [0.1, 0.15) is 21.5 Å². The lowest BCUT2D eigenvalue weighted by Gasteiger charge is -2.08. The Bertz CT molecular complexity index is 611. The lowest BCUT2D eigenvalue weighted by Crippen LogP contribution is -2.23. The van der Waals surface area contributed by atoms with E-state index in [9.17, 15) is 4.79 Å². The van der Waals surface area contributed by atoms with Crippen LogP contribution in [0.4, 0.5) is 0 Å². The highest BCUT2D eigenvalue weighted by Gasteiger charge is 2.08. The maximum atomic E-state index is 12.0. The average Bonchev–Trinajstić information content (AvgIpc) is 2.40. The van der Waals surface area contributed by atoms with E-state index in [-0.39, 0.29) is 5.91 Å². The lowest BCUT2D eigenvalue weighted by molar-refractivity contribution is 0.0950. The fraction of sp³-hybridized carbons (Fsp3) is 0.133. The number of hydrogen-bond donors (Lipinski definition) is 1. The maximum absolute atomic E-state index is 12.0. The summed E-state index contributed by atoms with van der Waals surface area (Å²) >= 11 is 11.8. The quantitative estimate of drug-likeness (QED) is 0.901. The molecule has 2 aromatic rings. The first-order chi connectivity index (χ1) is 9.08. The van der Waals surface area contributed by atoms with Crippen LogP contribution in [0.25, 0.3) is 0 Å². The summed E-state index contributed by atoms with van der Waals surface area (Å²) in [6.45, 7) is 2.33. The SMILES string of the molecule is Cc1ccccc1C(=O)NCc1ccc(Cl)c(Cl)c1. The molecule has 1 N–H and O–H groups in total. The maximum Gasteiger partial charge on any atom is 0.251 e. The molecule has 0 aliphatic rings. The van der Waals surface area contributed by atoms with Gasteiger partial charge < -0.3 is 5.32 Å². The molecular formula is C15H13Cl2NO. The van der Waals surface area contributed by atoms with Gasteiger partial charge in [-0.25, -0.2) is 0 Å². The van der Waals surface area contributed by atoms with Crippen LogP contribution in [-0.4, -0.2) is 5.91 Å². The largest absolute Gasteiger partial charge is 0.348 e. The molecule has 0 saturated heterocycles. The molecule has 1 amide bonds. The van der Waals surface area contributed by atoms with Crippen LogP contribution in [0, 0.1) is 6.92 Å². The van der Waals surface area contributed by atoms with Gasteiger partial charge in [-0.05, 0) is 36.2 Å². The van der Waals surface area contributed by atoms with Crippen molar-refractivity contribution in [2.45, 2.75) is 13.5 Å². The fourth-order valence-electron chi connectivity index (χ4n) is 1.75. The van der Waals surface area contributed by atoms with Gasteiger partial charge in [0.1, 0.15) is 0 Å². The Kier molecular flexibility index (Phi) is 4.46. The molecule has 0 radical (unpaired) electrons. The van der Waals surface area contributed by atoms with Gasteiger partial charge in [-0.1, -0.05) is 47.5 Å². The molecule has 0 bridgehead atoms. The molecule has 2 aromatic carbocycles. The van der Waals surface area contributed by atoms with Crippen LogP contribution >= 0.6 is 23.2 Å². The zero-order valence-electron chi connectivity index (χ0n) is 10.4. The Hall–Kier alpha value is -1.51. The summed E-state index contributed by atoms with van der Waals surface area (Å²) in [6, 6.07) is 12.8. The molecule has 0 aromatic heterocycles. The summed E-state index contributed by atoms with van der Waals surface area (Å²) < 4.78 is 0. The Morgan fingerprint density at radius 1 is 1.11 bits per heavy atom. The molecule has 0 spiro atoms. The van der Waals surface area contributed by atoms with Crippen molar-refractivity contribution >= 4 is 29.1 Å². The summed E-state index contributed by atoms with van der Waals surface area (Å²) in [5.74, 6) is -0.0934. The molecule has 0 aliphatic heterocycles. The number of benzene rings is 2. The van der Waals surface area contributed by atoms with E-state index in [2.05, 4.69) is 5.32 Å². The monoisotopic (exact) mass is 293 g/mol. The van der Waals surface area contributed by atoms with E-state index in [4.69, 9.17) is 23.2 Å². The lowest BCUT2D eigenvalue weighted by atomic mass is 10.1. The van der Waals surface area contributed by atoms with Crippen LogP contribution < -0.4 is 5.32 Å². The van der Waals surface area contributed by atoms with Crippen molar-refractivity contribution in [2.24, 2.45) is 0 Å². The molecule has 0 atom stereocenters.